The van der Waals surface area contributed by atoms with Crippen molar-refractivity contribution in [3.63, 3.8) is 0 Å². The molecule has 0 aliphatic carbocycles. The first-order valence-electron chi connectivity index (χ1n) is 42.7. The summed E-state index contributed by atoms with van der Waals surface area (Å²) in [5.41, 5.74) is 34.7. The fraction of sp³-hybridized carbons (Fsp3) is 0. The van der Waals surface area contributed by atoms with Crippen LogP contribution in [-0.2, 0) is 0 Å². The molecule has 2 nitrogen and oxygen atoms in total. The second kappa shape index (κ2) is 32.5. The van der Waals surface area contributed by atoms with E-state index in [-0.39, 0.29) is 0 Å². The molecular formula is C122H82N2. The third-order valence-electron chi connectivity index (χ3n) is 24.9. The summed E-state index contributed by atoms with van der Waals surface area (Å²) >= 11 is 0. The molecule has 22 aromatic rings. The van der Waals surface area contributed by atoms with Crippen LogP contribution in [0, 0.1) is 0 Å². The van der Waals surface area contributed by atoms with Gasteiger partial charge in [-0.05, 0) is 272 Å². The largest absolute Gasteiger partial charge is 0.310 e. The number of hydrogen-bond donors (Lipinski definition) is 0. The maximum Gasteiger partial charge on any atom is 0.0468 e. The molecule has 0 N–H and O–H groups in total. The van der Waals surface area contributed by atoms with Crippen LogP contribution in [0.4, 0.5) is 34.1 Å². The summed E-state index contributed by atoms with van der Waals surface area (Å²) in [5, 5.41) is 12.2. The number of fused-ring (bicyclic) bond motifs is 5. The SMILES string of the molecule is c1ccc(-c2ccc(-c3ccc(-c4ccc(N(c5ccc(-c6cccc7ccccc67)cc5)c5ccc(-c6ccc(-c7ccc8cc(-c9ccc(-c%10ccc(N(c%11ccc(-c%12cccc%13ccccc%12%13)cc%11)c%11ccc(-c%12cccc%13ccccc%12%13)cc%11)cc%10-c%10ccccc%10)cc9)ccc8c7)c7ccccc67)cc5)cc4-c4ccccc4)cc3)cc2)cc1. The lowest BCUT2D eigenvalue weighted by molar-refractivity contribution is 1.28. The van der Waals surface area contributed by atoms with Gasteiger partial charge in [-0.15, -0.1) is 0 Å². The molecule has 2 heteroatoms. The smallest absolute Gasteiger partial charge is 0.0468 e. The van der Waals surface area contributed by atoms with Gasteiger partial charge < -0.3 is 9.80 Å². The molecule has 580 valence electrons. The molecule has 0 amide bonds. The second-order valence-corrected chi connectivity index (χ2v) is 32.2. The first kappa shape index (κ1) is 74.1. The summed E-state index contributed by atoms with van der Waals surface area (Å²) in [5.74, 6) is 0. The van der Waals surface area contributed by atoms with Crippen LogP contribution in [0.3, 0.4) is 0 Å². The molecule has 0 aliphatic heterocycles. The minimum absolute atomic E-state index is 1.06. The lowest BCUT2D eigenvalue weighted by Crippen LogP contribution is -2.10. The third-order valence-corrected chi connectivity index (χ3v) is 24.9. The van der Waals surface area contributed by atoms with Crippen LogP contribution in [0.15, 0.2) is 497 Å². The first-order valence-corrected chi connectivity index (χ1v) is 42.7. The van der Waals surface area contributed by atoms with Gasteiger partial charge >= 0.3 is 0 Å². The molecule has 0 unspecified atom stereocenters. The molecule has 0 atom stereocenters. The number of rotatable bonds is 18. The summed E-state index contributed by atoms with van der Waals surface area (Å²) in [4.78, 5) is 4.81. The van der Waals surface area contributed by atoms with Crippen LogP contribution in [0.5, 0.6) is 0 Å². The molecule has 0 saturated heterocycles. The topological polar surface area (TPSA) is 6.48 Å². The quantitative estimate of drug-likeness (QED) is 0.0845. The van der Waals surface area contributed by atoms with Crippen LogP contribution in [0.2, 0.25) is 0 Å². The van der Waals surface area contributed by atoms with E-state index in [0.717, 1.165) is 78.6 Å². The average Bonchev–Trinajstić information content (AvgIpc) is 0.758. The van der Waals surface area contributed by atoms with Crippen molar-refractivity contribution in [1.29, 1.82) is 0 Å². The summed E-state index contributed by atoms with van der Waals surface area (Å²) in [7, 11) is 0. The average molecular weight is 1580 g/mol. The van der Waals surface area contributed by atoms with E-state index in [2.05, 4.69) is 507 Å². The highest BCUT2D eigenvalue weighted by molar-refractivity contribution is 6.07. The molecule has 0 spiro atoms. The molecule has 0 fully saturated rings. The molecular weight excluding hydrogens is 1490 g/mol. The van der Waals surface area contributed by atoms with E-state index in [1.54, 1.807) is 0 Å². The van der Waals surface area contributed by atoms with E-state index in [1.165, 1.54) is 143 Å². The van der Waals surface area contributed by atoms with Gasteiger partial charge in [0.2, 0.25) is 0 Å². The zero-order valence-corrected chi connectivity index (χ0v) is 68.2. The van der Waals surface area contributed by atoms with E-state index in [4.69, 9.17) is 0 Å². The molecule has 0 heterocycles. The Morgan fingerprint density at radius 1 is 0.0968 bits per heavy atom. The molecule has 22 aromatic carbocycles. The van der Waals surface area contributed by atoms with Crippen molar-refractivity contribution >= 4 is 88.0 Å². The van der Waals surface area contributed by atoms with Gasteiger partial charge in [-0.3, -0.25) is 0 Å². The molecule has 22 rings (SSSR count). The minimum atomic E-state index is 1.06. The predicted molar refractivity (Wildman–Crippen MR) is 529 cm³/mol. The zero-order valence-electron chi connectivity index (χ0n) is 68.2. The van der Waals surface area contributed by atoms with E-state index in [0.29, 0.717) is 0 Å². The second-order valence-electron chi connectivity index (χ2n) is 32.2. The Morgan fingerprint density at radius 3 is 0.677 bits per heavy atom. The van der Waals surface area contributed by atoms with Crippen LogP contribution in [-0.4, -0.2) is 0 Å². The highest BCUT2D eigenvalue weighted by Gasteiger charge is 2.23. The maximum absolute atomic E-state index is 2.41. The van der Waals surface area contributed by atoms with Crippen molar-refractivity contribution in [2.75, 3.05) is 9.80 Å². The highest BCUT2D eigenvalue weighted by atomic mass is 15.1. The molecule has 0 saturated carbocycles. The standard InChI is InChI=1S/C122H82N2/c1-4-21-83(22-5-1)84-41-43-85(44-42-84)86-45-49-93(50-46-86)116-75-73-108(81-121(116)91-23-6-2-7-24-91)124(105-69-61-97(62-70-105)114-40-20-32-90-29-12-15-35-111(90)114)106-71-63-98(64-72-106)115-77-78-118(120-37-17-16-36-119(115)120)102-56-55-100-79-99(53-54-101(100)80-102)87-47-51-94(52-48-87)117-76-74-107(82-122(117)92-25-8-3-9-26-92)123(103-65-57-95(58-66-103)112-38-18-30-88-27-10-13-33-109(88)112)104-67-59-96(60-68-104)113-39-19-31-89-28-11-14-34-110(89)113/h1-82H. The van der Waals surface area contributed by atoms with Gasteiger partial charge in [0.05, 0.1) is 0 Å². The molecule has 0 aliphatic rings. The van der Waals surface area contributed by atoms with Gasteiger partial charge in [0.15, 0.2) is 0 Å². The van der Waals surface area contributed by atoms with Crippen molar-refractivity contribution < 1.29 is 0 Å². The van der Waals surface area contributed by atoms with Crippen molar-refractivity contribution in [3.8, 4) is 134 Å². The van der Waals surface area contributed by atoms with Crippen molar-refractivity contribution in [1.82, 2.24) is 0 Å². The van der Waals surface area contributed by atoms with Crippen LogP contribution < -0.4 is 9.80 Å². The van der Waals surface area contributed by atoms with Crippen molar-refractivity contribution in [2.24, 2.45) is 0 Å². The normalized spacial score (nSPS) is 11.4. The monoisotopic (exact) mass is 1570 g/mol. The van der Waals surface area contributed by atoms with Crippen LogP contribution in [0.1, 0.15) is 0 Å². The highest BCUT2D eigenvalue weighted by Crippen LogP contribution is 2.48. The van der Waals surface area contributed by atoms with Gasteiger partial charge in [-0.25, -0.2) is 0 Å². The summed E-state index contributed by atoms with van der Waals surface area (Å²) in [6.07, 6.45) is 0. The summed E-state index contributed by atoms with van der Waals surface area (Å²) in [6.45, 7) is 0. The fourth-order valence-corrected chi connectivity index (χ4v) is 18.6. The van der Waals surface area contributed by atoms with Crippen molar-refractivity contribution in [3.05, 3.63) is 497 Å². The summed E-state index contributed by atoms with van der Waals surface area (Å²) < 4.78 is 0. The fourth-order valence-electron chi connectivity index (χ4n) is 18.6. The van der Waals surface area contributed by atoms with E-state index in [9.17, 15) is 0 Å². The van der Waals surface area contributed by atoms with Crippen LogP contribution >= 0.6 is 0 Å². The number of anilines is 6. The molecule has 0 radical (unpaired) electrons. The van der Waals surface area contributed by atoms with Gasteiger partial charge in [-0.2, -0.15) is 0 Å². The maximum atomic E-state index is 2.41. The Bertz CT molecular complexity index is 7560. The van der Waals surface area contributed by atoms with Crippen molar-refractivity contribution in [2.45, 2.75) is 0 Å². The lowest BCUT2D eigenvalue weighted by atomic mass is 9.90. The Balaban J connectivity index is 0.557. The van der Waals surface area contributed by atoms with E-state index in [1.807, 2.05) is 0 Å². The molecule has 124 heavy (non-hydrogen) atoms. The third kappa shape index (κ3) is 14.3. The summed E-state index contributed by atoms with van der Waals surface area (Å²) in [6, 6.07) is 183. The molecule has 0 aromatic heterocycles. The van der Waals surface area contributed by atoms with Gasteiger partial charge in [0.1, 0.15) is 0 Å². The Labute approximate surface area is 723 Å². The van der Waals surface area contributed by atoms with Gasteiger partial charge in [0, 0.05) is 34.1 Å². The zero-order chi connectivity index (χ0) is 82.2. The number of nitrogens with zero attached hydrogens (tertiary/aromatic N) is 2. The van der Waals surface area contributed by atoms with Gasteiger partial charge in [0.25, 0.3) is 0 Å². The Morgan fingerprint density at radius 2 is 0.315 bits per heavy atom. The Kier molecular flexibility index (Phi) is 19.4. The number of benzene rings is 22. The van der Waals surface area contributed by atoms with E-state index >= 15 is 0 Å². The van der Waals surface area contributed by atoms with Gasteiger partial charge in [-0.1, -0.05) is 413 Å². The number of hydrogen-bond acceptors (Lipinski definition) is 2. The lowest BCUT2D eigenvalue weighted by Gasteiger charge is -2.27. The Hall–Kier alpha value is -16.3. The first-order chi connectivity index (χ1) is 61.4. The minimum Gasteiger partial charge on any atom is -0.310 e. The predicted octanol–water partition coefficient (Wildman–Crippen LogP) is 34.4. The van der Waals surface area contributed by atoms with Crippen LogP contribution in [0.25, 0.3) is 187 Å². The van der Waals surface area contributed by atoms with E-state index < -0.39 is 0 Å². The molecule has 0 bridgehead atoms.